The van der Waals surface area contributed by atoms with E-state index in [1.165, 1.54) is 0 Å². The van der Waals surface area contributed by atoms with Crippen LogP contribution in [0.5, 0.6) is 5.75 Å². The number of ether oxygens (including phenoxy) is 1. The highest BCUT2D eigenvalue weighted by molar-refractivity contribution is 6.30. The van der Waals surface area contributed by atoms with Crippen LogP contribution in [0.1, 0.15) is 18.9 Å². The lowest BCUT2D eigenvalue weighted by molar-refractivity contribution is 0.237. The van der Waals surface area contributed by atoms with Gasteiger partial charge in [0.2, 0.25) is 0 Å². The molecule has 0 aliphatic carbocycles. The minimum atomic E-state index is -0.272. The van der Waals surface area contributed by atoms with Gasteiger partial charge in [-0.25, -0.2) is 4.79 Å². The van der Waals surface area contributed by atoms with Gasteiger partial charge in [-0.3, -0.25) is 0 Å². The van der Waals surface area contributed by atoms with E-state index in [1.807, 2.05) is 13.0 Å². The number of amides is 2. The average molecular weight is 287 g/mol. The second-order valence-electron chi connectivity index (χ2n) is 3.87. The average Bonchev–Trinajstić information content (AvgIpc) is 2.38. The fraction of sp³-hybridized carbons (Fsp3) is 0.462. The van der Waals surface area contributed by atoms with Crippen LogP contribution in [-0.2, 0) is 6.54 Å². The van der Waals surface area contributed by atoms with Crippen LogP contribution in [0.15, 0.2) is 18.2 Å². The van der Waals surface area contributed by atoms with E-state index in [9.17, 15) is 4.79 Å². The first-order chi connectivity index (χ1) is 9.17. The van der Waals surface area contributed by atoms with Crippen LogP contribution >= 0.6 is 11.6 Å². The van der Waals surface area contributed by atoms with Crippen molar-refractivity contribution in [3.05, 3.63) is 28.8 Å². The molecular weight excluding hydrogens is 268 g/mol. The number of carbonyl (C=O) groups is 1. The lowest BCUT2D eigenvalue weighted by Gasteiger charge is -2.12. The summed E-state index contributed by atoms with van der Waals surface area (Å²) in [6.07, 6.45) is 0.540. The Morgan fingerprint density at radius 3 is 2.89 bits per heavy atom. The van der Waals surface area contributed by atoms with Gasteiger partial charge < -0.3 is 20.5 Å². The first-order valence-corrected chi connectivity index (χ1v) is 6.59. The standard InChI is InChI=1S/C13H19ClN2O3/c1-2-19-12-8-11(14)5-4-10(12)9-16-13(18)15-6-3-7-17/h4-5,8,17H,2-3,6-7,9H2,1H3,(H2,15,16,18). The van der Waals surface area contributed by atoms with Gasteiger partial charge in [0.1, 0.15) is 5.75 Å². The number of halogens is 1. The SMILES string of the molecule is CCOc1cc(Cl)ccc1CNC(=O)NCCCO. The molecule has 0 bridgehead atoms. The molecule has 19 heavy (non-hydrogen) atoms. The molecule has 0 heterocycles. The van der Waals surface area contributed by atoms with Crippen molar-refractivity contribution < 1.29 is 14.6 Å². The summed E-state index contributed by atoms with van der Waals surface area (Å²) in [6, 6.07) is 5.03. The summed E-state index contributed by atoms with van der Waals surface area (Å²) in [5.74, 6) is 0.672. The molecule has 1 rings (SSSR count). The highest BCUT2D eigenvalue weighted by atomic mass is 35.5. The van der Waals surface area contributed by atoms with E-state index in [0.29, 0.717) is 36.9 Å². The van der Waals surface area contributed by atoms with Crippen LogP contribution < -0.4 is 15.4 Å². The van der Waals surface area contributed by atoms with E-state index in [2.05, 4.69) is 10.6 Å². The quantitative estimate of drug-likeness (QED) is 0.671. The van der Waals surface area contributed by atoms with Gasteiger partial charge >= 0.3 is 6.03 Å². The Kier molecular flexibility index (Phi) is 7.07. The highest BCUT2D eigenvalue weighted by Crippen LogP contribution is 2.23. The van der Waals surface area contributed by atoms with E-state index in [1.54, 1.807) is 12.1 Å². The van der Waals surface area contributed by atoms with Crippen LogP contribution in [0.2, 0.25) is 5.02 Å². The van der Waals surface area contributed by atoms with Crippen molar-refractivity contribution in [3.63, 3.8) is 0 Å². The first kappa shape index (κ1) is 15.6. The van der Waals surface area contributed by atoms with E-state index in [4.69, 9.17) is 21.4 Å². The fourth-order valence-electron chi connectivity index (χ4n) is 1.48. The molecule has 0 atom stereocenters. The third-order valence-corrected chi connectivity index (χ3v) is 2.62. The van der Waals surface area contributed by atoms with Gasteiger partial charge in [-0.1, -0.05) is 17.7 Å². The molecule has 0 aromatic heterocycles. The predicted molar refractivity (Wildman–Crippen MR) is 74.6 cm³/mol. The molecule has 5 nitrogen and oxygen atoms in total. The zero-order valence-corrected chi connectivity index (χ0v) is 11.7. The summed E-state index contributed by atoms with van der Waals surface area (Å²) in [5.41, 5.74) is 0.864. The Morgan fingerprint density at radius 1 is 1.42 bits per heavy atom. The second kappa shape index (κ2) is 8.61. The molecule has 0 spiro atoms. The summed E-state index contributed by atoms with van der Waals surface area (Å²) in [4.78, 5) is 11.5. The van der Waals surface area contributed by atoms with Gasteiger partial charge in [0.05, 0.1) is 6.61 Å². The summed E-state index contributed by atoms with van der Waals surface area (Å²) in [7, 11) is 0. The molecule has 0 aliphatic rings. The monoisotopic (exact) mass is 286 g/mol. The van der Waals surface area contributed by atoms with E-state index >= 15 is 0 Å². The van der Waals surface area contributed by atoms with Crippen molar-refractivity contribution in [1.82, 2.24) is 10.6 Å². The number of hydrogen-bond acceptors (Lipinski definition) is 3. The Bertz CT molecular complexity index is 413. The van der Waals surface area contributed by atoms with E-state index < -0.39 is 0 Å². The summed E-state index contributed by atoms with van der Waals surface area (Å²) >= 11 is 5.90. The molecule has 6 heteroatoms. The molecule has 1 aromatic carbocycles. The van der Waals surface area contributed by atoms with Crippen molar-refractivity contribution in [1.29, 1.82) is 0 Å². The molecule has 0 unspecified atom stereocenters. The van der Waals surface area contributed by atoms with Crippen molar-refractivity contribution in [3.8, 4) is 5.75 Å². The minimum Gasteiger partial charge on any atom is -0.493 e. The van der Waals surface area contributed by atoms with Crippen LogP contribution in [0.3, 0.4) is 0 Å². The maximum absolute atomic E-state index is 11.5. The van der Waals surface area contributed by atoms with Crippen LogP contribution in [0, 0.1) is 0 Å². The number of carbonyl (C=O) groups excluding carboxylic acids is 1. The fourth-order valence-corrected chi connectivity index (χ4v) is 1.65. The van der Waals surface area contributed by atoms with Gasteiger partial charge in [0, 0.05) is 30.3 Å². The Hall–Kier alpha value is -1.46. The molecule has 106 valence electrons. The first-order valence-electron chi connectivity index (χ1n) is 6.21. The Balaban J connectivity index is 2.50. The van der Waals surface area contributed by atoms with Crippen LogP contribution in [-0.4, -0.2) is 30.9 Å². The molecule has 0 saturated carbocycles. The third-order valence-electron chi connectivity index (χ3n) is 2.39. The molecule has 0 radical (unpaired) electrons. The van der Waals surface area contributed by atoms with Gasteiger partial charge in [0.25, 0.3) is 0 Å². The van der Waals surface area contributed by atoms with E-state index in [-0.39, 0.29) is 12.6 Å². The number of nitrogens with one attached hydrogen (secondary N) is 2. The van der Waals surface area contributed by atoms with E-state index in [0.717, 1.165) is 5.56 Å². The maximum Gasteiger partial charge on any atom is 0.315 e. The lowest BCUT2D eigenvalue weighted by atomic mass is 10.2. The number of aliphatic hydroxyl groups excluding tert-OH is 1. The highest BCUT2D eigenvalue weighted by Gasteiger charge is 2.06. The number of urea groups is 1. The van der Waals surface area contributed by atoms with Crippen LogP contribution in [0.25, 0.3) is 0 Å². The molecule has 1 aromatic rings. The summed E-state index contributed by atoms with van der Waals surface area (Å²) < 4.78 is 5.46. The maximum atomic E-state index is 11.5. The molecule has 0 fully saturated rings. The van der Waals surface area contributed by atoms with Gasteiger partial charge in [0.15, 0.2) is 0 Å². The Morgan fingerprint density at radius 2 is 2.21 bits per heavy atom. The van der Waals surface area contributed by atoms with Crippen molar-refractivity contribution >= 4 is 17.6 Å². The molecular formula is C13H19ClN2O3. The van der Waals surface area contributed by atoms with Gasteiger partial charge in [-0.2, -0.15) is 0 Å². The van der Waals surface area contributed by atoms with Crippen molar-refractivity contribution in [2.24, 2.45) is 0 Å². The largest absolute Gasteiger partial charge is 0.493 e. The predicted octanol–water partition coefficient (Wildman–Crippen LogP) is 1.92. The number of aliphatic hydroxyl groups is 1. The second-order valence-corrected chi connectivity index (χ2v) is 4.31. The lowest BCUT2D eigenvalue weighted by Crippen LogP contribution is -2.35. The Labute approximate surface area is 117 Å². The van der Waals surface area contributed by atoms with Crippen LogP contribution in [0.4, 0.5) is 4.79 Å². The molecule has 0 aliphatic heterocycles. The van der Waals surface area contributed by atoms with Crippen molar-refractivity contribution in [2.75, 3.05) is 19.8 Å². The number of rotatable bonds is 7. The zero-order chi connectivity index (χ0) is 14.1. The number of hydrogen-bond donors (Lipinski definition) is 3. The zero-order valence-electron chi connectivity index (χ0n) is 10.9. The molecule has 2 amide bonds. The van der Waals surface area contributed by atoms with Crippen molar-refractivity contribution in [2.45, 2.75) is 19.9 Å². The molecule has 3 N–H and O–H groups in total. The summed E-state index contributed by atoms with van der Waals surface area (Å²) in [6.45, 7) is 3.29. The van der Waals surface area contributed by atoms with Gasteiger partial charge in [-0.05, 0) is 25.5 Å². The molecule has 0 saturated heterocycles. The minimum absolute atomic E-state index is 0.0615. The summed E-state index contributed by atoms with van der Waals surface area (Å²) in [5, 5.41) is 14.6. The van der Waals surface area contributed by atoms with Gasteiger partial charge in [-0.15, -0.1) is 0 Å². The number of benzene rings is 1. The topological polar surface area (TPSA) is 70.6 Å². The normalized spacial score (nSPS) is 10.1. The smallest absolute Gasteiger partial charge is 0.315 e. The third kappa shape index (κ3) is 5.81.